The lowest BCUT2D eigenvalue weighted by Gasteiger charge is -2.12. The number of aliphatic hydroxyl groups is 1. The molecule has 1 atom stereocenters. The molecule has 0 bridgehead atoms. The van der Waals surface area contributed by atoms with Crippen molar-refractivity contribution in [2.24, 2.45) is 0 Å². The zero-order valence-corrected chi connectivity index (χ0v) is 11.8. The molecule has 5 nitrogen and oxygen atoms in total. The number of allylic oxidation sites excluding steroid dienone is 1. The number of ether oxygens (including phenoxy) is 2. The summed E-state index contributed by atoms with van der Waals surface area (Å²) >= 11 is 0. The molecule has 0 saturated heterocycles. The molecule has 0 aromatic heterocycles. The highest BCUT2D eigenvalue weighted by Crippen LogP contribution is 2.15. The number of aliphatic hydroxyl groups excluding tert-OH is 1. The average Bonchev–Trinajstić information content (AvgIpc) is 2.44. The minimum absolute atomic E-state index is 0.171. The summed E-state index contributed by atoms with van der Waals surface area (Å²) in [6.45, 7) is 4.65. The lowest BCUT2D eigenvalue weighted by Crippen LogP contribution is -2.23. The van der Waals surface area contributed by atoms with Gasteiger partial charge in [0.05, 0.1) is 6.61 Å². The molecule has 1 amide bonds. The maximum absolute atomic E-state index is 11.3. The minimum atomic E-state index is -0.649. The van der Waals surface area contributed by atoms with E-state index in [2.05, 4.69) is 5.32 Å². The van der Waals surface area contributed by atoms with Gasteiger partial charge in [-0.1, -0.05) is 6.08 Å². The van der Waals surface area contributed by atoms with Crippen molar-refractivity contribution in [3.05, 3.63) is 36.4 Å². The predicted molar refractivity (Wildman–Crippen MR) is 77.9 cm³/mol. The Morgan fingerprint density at radius 2 is 2.05 bits per heavy atom. The summed E-state index contributed by atoms with van der Waals surface area (Å²) in [6.07, 6.45) is 2.48. The van der Waals surface area contributed by atoms with Gasteiger partial charge in [0.1, 0.15) is 18.5 Å². The van der Waals surface area contributed by atoms with Crippen molar-refractivity contribution in [2.75, 3.05) is 25.1 Å². The largest absolute Gasteiger partial charge is 0.491 e. The molecule has 0 saturated carbocycles. The molecule has 0 aliphatic carbocycles. The molecule has 0 heterocycles. The Morgan fingerprint density at radius 1 is 1.35 bits per heavy atom. The molecular formula is C15H21NO4. The van der Waals surface area contributed by atoms with Gasteiger partial charge in [-0.25, -0.2) is 0 Å². The van der Waals surface area contributed by atoms with Gasteiger partial charge in [0.25, 0.3) is 0 Å². The van der Waals surface area contributed by atoms with Crippen molar-refractivity contribution >= 4 is 11.6 Å². The van der Waals surface area contributed by atoms with Gasteiger partial charge in [-0.2, -0.15) is 0 Å². The summed E-state index contributed by atoms with van der Waals surface area (Å²) in [7, 11) is 0. The Kier molecular flexibility index (Phi) is 7.39. The van der Waals surface area contributed by atoms with Crippen LogP contribution in [0.4, 0.5) is 5.69 Å². The van der Waals surface area contributed by atoms with Gasteiger partial charge in [0, 0.05) is 12.3 Å². The van der Waals surface area contributed by atoms with Gasteiger partial charge in [-0.15, -0.1) is 0 Å². The first kappa shape index (κ1) is 16.2. The van der Waals surface area contributed by atoms with Crippen molar-refractivity contribution in [3.63, 3.8) is 0 Å². The topological polar surface area (TPSA) is 67.8 Å². The third-order valence-corrected chi connectivity index (χ3v) is 2.40. The smallest absolute Gasteiger partial charge is 0.248 e. The molecular weight excluding hydrogens is 258 g/mol. The summed E-state index contributed by atoms with van der Waals surface area (Å²) < 4.78 is 10.5. The molecule has 0 aliphatic rings. The van der Waals surface area contributed by atoms with Gasteiger partial charge >= 0.3 is 0 Å². The Balaban J connectivity index is 2.40. The zero-order chi connectivity index (χ0) is 14.8. The number of benzene rings is 1. The van der Waals surface area contributed by atoms with E-state index < -0.39 is 6.10 Å². The van der Waals surface area contributed by atoms with Gasteiger partial charge in [0.15, 0.2) is 0 Å². The first-order valence-electron chi connectivity index (χ1n) is 6.58. The van der Waals surface area contributed by atoms with E-state index in [-0.39, 0.29) is 19.1 Å². The number of anilines is 1. The highest BCUT2D eigenvalue weighted by atomic mass is 16.5. The highest BCUT2D eigenvalue weighted by Gasteiger charge is 2.05. The van der Waals surface area contributed by atoms with Crippen LogP contribution in [0.2, 0.25) is 0 Å². The number of nitrogens with one attached hydrogen (secondary N) is 1. The Bertz CT molecular complexity index is 428. The van der Waals surface area contributed by atoms with Crippen molar-refractivity contribution in [2.45, 2.75) is 20.0 Å². The molecule has 2 N–H and O–H groups in total. The summed E-state index contributed by atoms with van der Waals surface area (Å²) in [5.74, 6) is 0.456. The fraction of sp³-hybridized carbons (Fsp3) is 0.400. The van der Waals surface area contributed by atoms with E-state index in [0.717, 1.165) is 0 Å². The van der Waals surface area contributed by atoms with Gasteiger partial charge < -0.3 is 19.9 Å². The standard InChI is InChI=1S/C15H21NO4/c1-3-5-15(18)16-12-6-8-14(9-7-12)20-11-13(17)10-19-4-2/h3,5-9,13,17H,4,10-11H2,1-2H3,(H,16,18)/b5-3+. The van der Waals surface area contributed by atoms with Crippen LogP contribution in [0.5, 0.6) is 5.75 Å². The zero-order valence-electron chi connectivity index (χ0n) is 11.8. The SMILES string of the molecule is C/C=C/C(=O)Nc1ccc(OCC(O)COCC)cc1. The number of hydrogen-bond donors (Lipinski definition) is 2. The van der Waals surface area contributed by atoms with E-state index >= 15 is 0 Å². The molecule has 110 valence electrons. The molecule has 5 heteroatoms. The Labute approximate surface area is 119 Å². The summed E-state index contributed by atoms with van der Waals surface area (Å²) in [6, 6.07) is 6.95. The van der Waals surface area contributed by atoms with E-state index in [0.29, 0.717) is 18.0 Å². The van der Waals surface area contributed by atoms with Gasteiger partial charge in [-0.3, -0.25) is 4.79 Å². The van der Waals surface area contributed by atoms with E-state index in [9.17, 15) is 9.90 Å². The van der Waals surface area contributed by atoms with E-state index in [1.54, 1.807) is 37.3 Å². The molecule has 1 unspecified atom stereocenters. The third-order valence-electron chi connectivity index (χ3n) is 2.40. The van der Waals surface area contributed by atoms with Crippen LogP contribution in [0.15, 0.2) is 36.4 Å². The molecule has 20 heavy (non-hydrogen) atoms. The second-order valence-electron chi connectivity index (χ2n) is 4.14. The normalized spacial score (nSPS) is 12.3. The van der Waals surface area contributed by atoms with Crippen LogP contribution in [0.3, 0.4) is 0 Å². The number of rotatable bonds is 8. The van der Waals surface area contributed by atoms with E-state index in [1.807, 2.05) is 6.92 Å². The molecule has 0 spiro atoms. The van der Waals surface area contributed by atoms with Crippen LogP contribution in [-0.2, 0) is 9.53 Å². The fourth-order valence-corrected chi connectivity index (χ4v) is 1.46. The second kappa shape index (κ2) is 9.12. The van der Waals surface area contributed by atoms with Crippen LogP contribution in [0.25, 0.3) is 0 Å². The Hall–Kier alpha value is -1.85. The van der Waals surface area contributed by atoms with Crippen LogP contribution >= 0.6 is 0 Å². The molecule has 1 aromatic carbocycles. The highest BCUT2D eigenvalue weighted by molar-refractivity contribution is 5.99. The lowest BCUT2D eigenvalue weighted by atomic mass is 10.3. The maximum Gasteiger partial charge on any atom is 0.248 e. The molecule has 1 aromatic rings. The first-order valence-corrected chi connectivity index (χ1v) is 6.58. The second-order valence-corrected chi connectivity index (χ2v) is 4.14. The minimum Gasteiger partial charge on any atom is -0.491 e. The molecule has 0 aliphatic heterocycles. The van der Waals surface area contributed by atoms with Crippen molar-refractivity contribution in [1.82, 2.24) is 0 Å². The van der Waals surface area contributed by atoms with Crippen LogP contribution in [-0.4, -0.2) is 36.9 Å². The molecule has 0 fully saturated rings. The van der Waals surface area contributed by atoms with Crippen LogP contribution in [0, 0.1) is 0 Å². The van der Waals surface area contributed by atoms with Crippen LogP contribution < -0.4 is 10.1 Å². The number of carbonyl (C=O) groups is 1. The average molecular weight is 279 g/mol. The number of amides is 1. The molecule has 0 radical (unpaired) electrons. The quantitative estimate of drug-likeness (QED) is 0.714. The lowest BCUT2D eigenvalue weighted by molar-refractivity contribution is -0.111. The van der Waals surface area contributed by atoms with E-state index in [1.165, 1.54) is 6.08 Å². The summed E-state index contributed by atoms with van der Waals surface area (Å²) in [4.78, 5) is 11.3. The predicted octanol–water partition coefficient (Wildman–Crippen LogP) is 1.98. The Morgan fingerprint density at radius 3 is 2.65 bits per heavy atom. The van der Waals surface area contributed by atoms with Gasteiger partial charge in [0.2, 0.25) is 5.91 Å². The summed E-state index contributed by atoms with van der Waals surface area (Å²) in [5, 5.41) is 12.3. The third kappa shape index (κ3) is 6.36. The maximum atomic E-state index is 11.3. The first-order chi connectivity index (χ1) is 9.65. The van der Waals surface area contributed by atoms with E-state index in [4.69, 9.17) is 9.47 Å². The summed E-state index contributed by atoms with van der Waals surface area (Å²) in [5.41, 5.74) is 0.690. The molecule has 1 rings (SSSR count). The number of hydrogen-bond acceptors (Lipinski definition) is 4. The monoisotopic (exact) mass is 279 g/mol. The van der Waals surface area contributed by atoms with Gasteiger partial charge in [-0.05, 0) is 44.2 Å². The van der Waals surface area contributed by atoms with Crippen molar-refractivity contribution in [3.8, 4) is 5.75 Å². The van der Waals surface area contributed by atoms with Crippen LogP contribution in [0.1, 0.15) is 13.8 Å². The fourth-order valence-electron chi connectivity index (χ4n) is 1.46. The van der Waals surface area contributed by atoms with Crippen molar-refractivity contribution < 1.29 is 19.4 Å². The van der Waals surface area contributed by atoms with Crippen molar-refractivity contribution in [1.29, 1.82) is 0 Å². The number of carbonyl (C=O) groups excluding carboxylic acids is 1.